The van der Waals surface area contributed by atoms with Crippen LogP contribution in [0.5, 0.6) is 0 Å². The summed E-state index contributed by atoms with van der Waals surface area (Å²) in [6, 6.07) is 6.32. The normalized spacial score (nSPS) is 9.74. The molecule has 0 aliphatic carbocycles. The number of nitro benzene ring substituents is 1. The Morgan fingerprint density at radius 2 is 2.21 bits per heavy atom. The van der Waals surface area contributed by atoms with E-state index < -0.39 is 4.92 Å². The fourth-order valence-corrected chi connectivity index (χ4v) is 1.83. The molecule has 100 valence electrons. The minimum absolute atomic E-state index is 0.0190. The van der Waals surface area contributed by atoms with Crippen LogP contribution in [0.15, 0.2) is 18.2 Å². The molecule has 0 aliphatic rings. The zero-order valence-electron chi connectivity index (χ0n) is 10.9. The molecular formula is C13H15N3O3. The number of nitrogens with zero attached hydrogens (tertiary/aromatic N) is 3. The van der Waals surface area contributed by atoms with Crippen LogP contribution in [0.2, 0.25) is 0 Å². The SMILES string of the molecule is CCCN(CC#N)C(=O)c1cccc([N+](=O)[O-])c1C. The van der Waals surface area contributed by atoms with Crippen molar-refractivity contribution < 1.29 is 9.72 Å². The van der Waals surface area contributed by atoms with Crippen LogP contribution in [0.4, 0.5) is 5.69 Å². The molecule has 1 rings (SSSR count). The largest absolute Gasteiger partial charge is 0.325 e. The quantitative estimate of drug-likeness (QED) is 0.462. The summed E-state index contributed by atoms with van der Waals surface area (Å²) in [5.41, 5.74) is 0.522. The van der Waals surface area contributed by atoms with E-state index in [0.29, 0.717) is 12.1 Å². The van der Waals surface area contributed by atoms with Crippen molar-refractivity contribution in [2.45, 2.75) is 20.3 Å². The van der Waals surface area contributed by atoms with Crippen LogP contribution in [0.1, 0.15) is 29.3 Å². The molecule has 6 heteroatoms. The molecule has 0 bridgehead atoms. The van der Waals surface area contributed by atoms with Crippen molar-refractivity contribution in [2.75, 3.05) is 13.1 Å². The van der Waals surface area contributed by atoms with Crippen molar-refractivity contribution in [3.63, 3.8) is 0 Å². The smallest absolute Gasteiger partial charge is 0.273 e. The number of hydrogen-bond donors (Lipinski definition) is 0. The van der Waals surface area contributed by atoms with E-state index in [1.54, 1.807) is 13.0 Å². The summed E-state index contributed by atoms with van der Waals surface area (Å²) in [6.45, 7) is 3.88. The Morgan fingerprint density at radius 1 is 1.53 bits per heavy atom. The molecule has 0 saturated heterocycles. The molecule has 0 aliphatic heterocycles. The number of rotatable bonds is 5. The Balaban J connectivity index is 3.15. The highest BCUT2D eigenvalue weighted by molar-refractivity contribution is 5.96. The molecule has 0 heterocycles. The summed E-state index contributed by atoms with van der Waals surface area (Å²) in [5, 5.41) is 19.6. The van der Waals surface area contributed by atoms with E-state index in [-0.39, 0.29) is 23.7 Å². The predicted octanol–water partition coefficient (Wildman–Crippen LogP) is 2.28. The summed E-state index contributed by atoms with van der Waals surface area (Å²) in [6.07, 6.45) is 0.724. The lowest BCUT2D eigenvalue weighted by molar-refractivity contribution is -0.385. The maximum Gasteiger partial charge on any atom is 0.273 e. The molecule has 6 nitrogen and oxygen atoms in total. The van der Waals surface area contributed by atoms with Gasteiger partial charge in [-0.1, -0.05) is 13.0 Å². The van der Waals surface area contributed by atoms with Gasteiger partial charge in [-0.3, -0.25) is 14.9 Å². The van der Waals surface area contributed by atoms with E-state index in [1.807, 2.05) is 13.0 Å². The zero-order valence-corrected chi connectivity index (χ0v) is 10.9. The first-order valence-corrected chi connectivity index (χ1v) is 5.93. The number of benzene rings is 1. The van der Waals surface area contributed by atoms with Gasteiger partial charge in [0.2, 0.25) is 0 Å². The number of amides is 1. The number of nitro groups is 1. The van der Waals surface area contributed by atoms with Gasteiger partial charge in [0.05, 0.1) is 11.0 Å². The lowest BCUT2D eigenvalue weighted by Crippen LogP contribution is -2.32. The molecule has 0 N–H and O–H groups in total. The summed E-state index contributed by atoms with van der Waals surface area (Å²) in [5.74, 6) is -0.343. The first-order chi connectivity index (χ1) is 9.02. The van der Waals surface area contributed by atoms with E-state index in [0.717, 1.165) is 6.42 Å². The zero-order chi connectivity index (χ0) is 14.4. The van der Waals surface area contributed by atoms with Crippen molar-refractivity contribution in [1.82, 2.24) is 4.90 Å². The lowest BCUT2D eigenvalue weighted by Gasteiger charge is -2.19. The van der Waals surface area contributed by atoms with Gasteiger partial charge >= 0.3 is 0 Å². The molecule has 1 amide bonds. The van der Waals surface area contributed by atoms with Crippen LogP contribution in [0.25, 0.3) is 0 Å². The van der Waals surface area contributed by atoms with E-state index in [1.165, 1.54) is 17.0 Å². The van der Waals surface area contributed by atoms with E-state index >= 15 is 0 Å². The van der Waals surface area contributed by atoms with Crippen molar-refractivity contribution in [1.29, 1.82) is 5.26 Å². The van der Waals surface area contributed by atoms with Crippen LogP contribution in [0.3, 0.4) is 0 Å². The minimum atomic E-state index is -0.513. The third-order valence-corrected chi connectivity index (χ3v) is 2.77. The van der Waals surface area contributed by atoms with E-state index in [9.17, 15) is 14.9 Å². The Morgan fingerprint density at radius 3 is 2.74 bits per heavy atom. The first kappa shape index (κ1) is 14.6. The fourth-order valence-electron chi connectivity index (χ4n) is 1.83. The fraction of sp³-hybridized carbons (Fsp3) is 0.385. The Hall–Kier alpha value is -2.42. The van der Waals surface area contributed by atoms with Gasteiger partial charge in [0.1, 0.15) is 6.54 Å². The molecular weight excluding hydrogens is 246 g/mol. The molecule has 0 atom stereocenters. The van der Waals surface area contributed by atoms with Gasteiger partial charge in [-0.2, -0.15) is 5.26 Å². The highest BCUT2D eigenvalue weighted by Crippen LogP contribution is 2.22. The topological polar surface area (TPSA) is 87.2 Å². The second-order valence-corrected chi connectivity index (χ2v) is 4.09. The van der Waals surface area contributed by atoms with Crippen LogP contribution in [-0.2, 0) is 0 Å². The molecule has 1 aromatic carbocycles. The third kappa shape index (κ3) is 3.28. The number of hydrogen-bond acceptors (Lipinski definition) is 4. The van der Waals surface area contributed by atoms with Crippen molar-refractivity contribution >= 4 is 11.6 Å². The van der Waals surface area contributed by atoms with Gasteiger partial charge < -0.3 is 4.90 Å². The summed E-state index contributed by atoms with van der Waals surface area (Å²) < 4.78 is 0. The van der Waals surface area contributed by atoms with Gasteiger partial charge in [-0.25, -0.2) is 0 Å². The van der Waals surface area contributed by atoms with Crippen LogP contribution in [0, 0.1) is 28.4 Å². The Kier molecular flexibility index (Phi) is 5.01. The van der Waals surface area contributed by atoms with Crippen molar-refractivity contribution in [3.8, 4) is 6.07 Å². The molecule has 0 unspecified atom stereocenters. The number of carbonyl (C=O) groups is 1. The predicted molar refractivity (Wildman–Crippen MR) is 69.6 cm³/mol. The Labute approximate surface area is 111 Å². The van der Waals surface area contributed by atoms with Gasteiger partial charge in [-0.05, 0) is 19.4 Å². The summed E-state index contributed by atoms with van der Waals surface area (Å²) >= 11 is 0. The summed E-state index contributed by atoms with van der Waals surface area (Å²) in [4.78, 5) is 24.0. The van der Waals surface area contributed by atoms with Crippen LogP contribution in [-0.4, -0.2) is 28.8 Å². The monoisotopic (exact) mass is 261 g/mol. The Bertz CT molecular complexity index is 534. The lowest BCUT2D eigenvalue weighted by atomic mass is 10.1. The highest BCUT2D eigenvalue weighted by Gasteiger charge is 2.21. The summed E-state index contributed by atoms with van der Waals surface area (Å²) in [7, 11) is 0. The average molecular weight is 261 g/mol. The average Bonchev–Trinajstić information content (AvgIpc) is 2.37. The van der Waals surface area contributed by atoms with Crippen LogP contribution >= 0.6 is 0 Å². The second-order valence-electron chi connectivity index (χ2n) is 4.09. The maximum absolute atomic E-state index is 12.3. The van der Waals surface area contributed by atoms with Gasteiger partial charge in [0.25, 0.3) is 11.6 Å². The number of nitriles is 1. The molecule has 0 aromatic heterocycles. The van der Waals surface area contributed by atoms with Gasteiger partial charge in [-0.15, -0.1) is 0 Å². The standard InChI is InChI=1S/C13H15N3O3/c1-3-8-15(9-7-14)13(17)11-5-4-6-12(10(11)2)16(18)19/h4-6H,3,8-9H2,1-2H3. The minimum Gasteiger partial charge on any atom is -0.325 e. The van der Waals surface area contributed by atoms with Gasteiger partial charge in [0.15, 0.2) is 0 Å². The first-order valence-electron chi connectivity index (χ1n) is 5.93. The molecule has 0 saturated carbocycles. The van der Waals surface area contributed by atoms with Crippen molar-refractivity contribution in [2.24, 2.45) is 0 Å². The second kappa shape index (κ2) is 6.50. The number of carbonyl (C=O) groups excluding carboxylic acids is 1. The third-order valence-electron chi connectivity index (χ3n) is 2.77. The van der Waals surface area contributed by atoms with Crippen LogP contribution < -0.4 is 0 Å². The molecule has 19 heavy (non-hydrogen) atoms. The van der Waals surface area contributed by atoms with E-state index in [2.05, 4.69) is 0 Å². The maximum atomic E-state index is 12.3. The molecule has 1 aromatic rings. The highest BCUT2D eigenvalue weighted by atomic mass is 16.6. The molecule has 0 spiro atoms. The molecule has 0 fully saturated rings. The van der Waals surface area contributed by atoms with Crippen molar-refractivity contribution in [3.05, 3.63) is 39.4 Å². The van der Waals surface area contributed by atoms with Gasteiger partial charge in [0, 0.05) is 23.7 Å². The van der Waals surface area contributed by atoms with E-state index in [4.69, 9.17) is 5.26 Å². The molecule has 0 radical (unpaired) electrons.